The fourth-order valence-corrected chi connectivity index (χ4v) is 3.99. The van der Waals surface area contributed by atoms with Gasteiger partial charge in [-0.1, -0.05) is 18.9 Å². The van der Waals surface area contributed by atoms with Gasteiger partial charge in [0.1, 0.15) is 5.82 Å². The van der Waals surface area contributed by atoms with Crippen molar-refractivity contribution in [1.82, 2.24) is 0 Å². The Bertz CT molecular complexity index is 472. The SMILES string of the molecule is CC(N)Cc1ccc(N2CCC3CCCCC32)c(F)c1. The van der Waals surface area contributed by atoms with Crippen LogP contribution in [0.1, 0.15) is 44.6 Å². The summed E-state index contributed by atoms with van der Waals surface area (Å²) in [5.41, 5.74) is 7.59. The maximum Gasteiger partial charge on any atom is 0.146 e. The van der Waals surface area contributed by atoms with Crippen LogP contribution in [0.4, 0.5) is 10.1 Å². The monoisotopic (exact) mass is 276 g/mol. The van der Waals surface area contributed by atoms with Crippen molar-refractivity contribution >= 4 is 5.69 Å². The lowest BCUT2D eigenvalue weighted by molar-refractivity contribution is 0.341. The van der Waals surface area contributed by atoms with E-state index in [2.05, 4.69) is 4.90 Å². The molecule has 1 aromatic rings. The number of halogens is 1. The number of benzene rings is 1. The maximum atomic E-state index is 14.4. The molecule has 1 aliphatic heterocycles. The molecule has 3 atom stereocenters. The minimum atomic E-state index is -0.0747. The van der Waals surface area contributed by atoms with Crippen LogP contribution in [0.5, 0.6) is 0 Å². The minimum absolute atomic E-state index is 0.0747. The van der Waals surface area contributed by atoms with E-state index < -0.39 is 0 Å². The molecule has 0 bridgehead atoms. The highest BCUT2D eigenvalue weighted by Crippen LogP contribution is 2.39. The van der Waals surface area contributed by atoms with Crippen molar-refractivity contribution in [3.8, 4) is 0 Å². The smallest absolute Gasteiger partial charge is 0.146 e. The molecule has 2 fully saturated rings. The second-order valence-electron chi connectivity index (χ2n) is 6.56. The molecule has 2 aliphatic rings. The Balaban J connectivity index is 1.80. The molecule has 0 aromatic heterocycles. The Morgan fingerprint density at radius 1 is 1.30 bits per heavy atom. The fraction of sp³-hybridized carbons (Fsp3) is 0.647. The second kappa shape index (κ2) is 5.72. The molecule has 20 heavy (non-hydrogen) atoms. The van der Waals surface area contributed by atoms with Gasteiger partial charge < -0.3 is 10.6 Å². The summed E-state index contributed by atoms with van der Waals surface area (Å²) in [6, 6.07) is 6.32. The predicted octanol–water partition coefficient (Wildman–Crippen LogP) is 3.48. The summed E-state index contributed by atoms with van der Waals surface area (Å²) in [6.45, 7) is 2.97. The van der Waals surface area contributed by atoms with Gasteiger partial charge in [-0.2, -0.15) is 0 Å². The summed E-state index contributed by atoms with van der Waals surface area (Å²) in [5.74, 6) is 0.710. The number of hydrogen-bond acceptors (Lipinski definition) is 2. The predicted molar refractivity (Wildman–Crippen MR) is 81.5 cm³/mol. The molecule has 0 amide bonds. The fourth-order valence-electron chi connectivity index (χ4n) is 3.99. The van der Waals surface area contributed by atoms with Gasteiger partial charge in [0, 0.05) is 18.6 Å². The van der Waals surface area contributed by atoms with E-state index in [1.54, 1.807) is 6.07 Å². The summed E-state index contributed by atoms with van der Waals surface area (Å²) in [7, 11) is 0. The molecular formula is C17H25FN2. The molecule has 1 aromatic carbocycles. The molecule has 1 saturated heterocycles. The van der Waals surface area contributed by atoms with E-state index in [9.17, 15) is 4.39 Å². The third-order valence-corrected chi connectivity index (χ3v) is 4.89. The van der Waals surface area contributed by atoms with Gasteiger partial charge >= 0.3 is 0 Å². The van der Waals surface area contributed by atoms with Crippen LogP contribution in [0.3, 0.4) is 0 Å². The summed E-state index contributed by atoms with van der Waals surface area (Å²) in [6.07, 6.45) is 7.17. The Morgan fingerprint density at radius 2 is 2.10 bits per heavy atom. The normalized spacial score (nSPS) is 27.4. The second-order valence-corrected chi connectivity index (χ2v) is 6.56. The number of nitrogens with zero attached hydrogens (tertiary/aromatic N) is 1. The first-order valence-electron chi connectivity index (χ1n) is 7.96. The quantitative estimate of drug-likeness (QED) is 0.915. The van der Waals surface area contributed by atoms with Gasteiger partial charge in [-0.3, -0.25) is 0 Å². The molecule has 3 heteroatoms. The molecule has 2 nitrogen and oxygen atoms in total. The zero-order valence-corrected chi connectivity index (χ0v) is 12.3. The Labute approximate surface area is 121 Å². The lowest BCUT2D eigenvalue weighted by Crippen LogP contribution is -2.35. The van der Waals surface area contributed by atoms with Crippen LogP contribution in [0.25, 0.3) is 0 Å². The molecule has 3 rings (SSSR count). The topological polar surface area (TPSA) is 29.3 Å². The van der Waals surface area contributed by atoms with E-state index in [0.717, 1.165) is 30.1 Å². The van der Waals surface area contributed by atoms with E-state index in [4.69, 9.17) is 5.73 Å². The first-order chi connectivity index (χ1) is 9.65. The molecule has 1 aliphatic carbocycles. The number of rotatable bonds is 3. The van der Waals surface area contributed by atoms with Crippen LogP contribution in [-0.2, 0) is 6.42 Å². The van der Waals surface area contributed by atoms with Crippen molar-refractivity contribution in [3.05, 3.63) is 29.6 Å². The van der Waals surface area contributed by atoms with E-state index in [1.807, 2.05) is 19.1 Å². The van der Waals surface area contributed by atoms with Crippen LogP contribution in [-0.4, -0.2) is 18.6 Å². The Morgan fingerprint density at radius 3 is 2.85 bits per heavy atom. The van der Waals surface area contributed by atoms with Gasteiger partial charge in [0.15, 0.2) is 0 Å². The van der Waals surface area contributed by atoms with Gasteiger partial charge in [0.25, 0.3) is 0 Å². The van der Waals surface area contributed by atoms with Crippen LogP contribution in [0, 0.1) is 11.7 Å². The lowest BCUT2D eigenvalue weighted by atomic mass is 9.85. The van der Waals surface area contributed by atoms with Crippen molar-refractivity contribution in [2.75, 3.05) is 11.4 Å². The average molecular weight is 276 g/mol. The largest absolute Gasteiger partial charge is 0.366 e. The van der Waals surface area contributed by atoms with Crippen molar-refractivity contribution in [1.29, 1.82) is 0 Å². The summed E-state index contributed by atoms with van der Waals surface area (Å²) >= 11 is 0. The molecule has 0 spiro atoms. The van der Waals surface area contributed by atoms with Crippen molar-refractivity contribution < 1.29 is 4.39 Å². The summed E-state index contributed by atoms with van der Waals surface area (Å²) in [5, 5.41) is 0. The average Bonchev–Trinajstić information content (AvgIpc) is 2.82. The molecule has 110 valence electrons. The number of fused-ring (bicyclic) bond motifs is 1. The highest BCUT2D eigenvalue weighted by molar-refractivity contribution is 5.51. The zero-order valence-electron chi connectivity index (χ0n) is 12.3. The van der Waals surface area contributed by atoms with Gasteiger partial charge in [0.2, 0.25) is 0 Å². The third kappa shape index (κ3) is 2.69. The zero-order chi connectivity index (χ0) is 14.1. The molecule has 2 N–H and O–H groups in total. The third-order valence-electron chi connectivity index (χ3n) is 4.89. The molecule has 1 saturated carbocycles. The van der Waals surface area contributed by atoms with E-state index in [1.165, 1.54) is 32.1 Å². The lowest BCUT2D eigenvalue weighted by Gasteiger charge is -2.33. The molecular weight excluding hydrogens is 251 g/mol. The van der Waals surface area contributed by atoms with Crippen molar-refractivity contribution in [2.24, 2.45) is 11.7 Å². The number of hydrogen-bond donors (Lipinski definition) is 1. The van der Waals surface area contributed by atoms with Crippen LogP contribution in [0.15, 0.2) is 18.2 Å². The first kappa shape index (κ1) is 13.9. The highest BCUT2D eigenvalue weighted by Gasteiger charge is 2.36. The minimum Gasteiger partial charge on any atom is -0.366 e. The van der Waals surface area contributed by atoms with Crippen LogP contribution in [0.2, 0.25) is 0 Å². The van der Waals surface area contributed by atoms with E-state index in [0.29, 0.717) is 6.04 Å². The Hall–Kier alpha value is -1.09. The highest BCUT2D eigenvalue weighted by atomic mass is 19.1. The summed E-state index contributed by atoms with van der Waals surface area (Å²) in [4.78, 5) is 2.31. The number of anilines is 1. The van der Waals surface area contributed by atoms with E-state index >= 15 is 0 Å². The van der Waals surface area contributed by atoms with Crippen molar-refractivity contribution in [2.45, 2.75) is 57.5 Å². The molecule has 0 radical (unpaired) electrons. The molecule has 3 unspecified atom stereocenters. The first-order valence-corrected chi connectivity index (χ1v) is 7.96. The van der Waals surface area contributed by atoms with Crippen molar-refractivity contribution in [3.63, 3.8) is 0 Å². The van der Waals surface area contributed by atoms with Gasteiger partial charge in [-0.05, 0) is 56.2 Å². The van der Waals surface area contributed by atoms with Gasteiger partial charge in [-0.15, -0.1) is 0 Å². The molecule has 1 heterocycles. The maximum absolute atomic E-state index is 14.4. The van der Waals surface area contributed by atoms with Crippen LogP contribution < -0.4 is 10.6 Å². The van der Waals surface area contributed by atoms with Crippen LogP contribution >= 0.6 is 0 Å². The summed E-state index contributed by atoms with van der Waals surface area (Å²) < 4.78 is 14.4. The van der Waals surface area contributed by atoms with Gasteiger partial charge in [0.05, 0.1) is 5.69 Å². The van der Waals surface area contributed by atoms with Gasteiger partial charge in [-0.25, -0.2) is 4.39 Å². The Kier molecular flexibility index (Phi) is 3.97. The standard InChI is InChI=1S/C17H25FN2/c1-12(19)10-13-6-7-17(15(18)11-13)20-9-8-14-4-2-3-5-16(14)20/h6-7,11-12,14,16H,2-5,8-10,19H2,1H3. The van der Waals surface area contributed by atoms with E-state index in [-0.39, 0.29) is 11.9 Å². The number of nitrogens with two attached hydrogens (primary N) is 1.